The lowest BCUT2D eigenvalue weighted by Gasteiger charge is -2.08. The number of ether oxygens (including phenoxy) is 1. The smallest absolute Gasteiger partial charge is 0.355 e. The molecule has 1 aromatic heterocycles. The average Bonchev–Trinajstić information content (AvgIpc) is 2.82. The summed E-state index contributed by atoms with van der Waals surface area (Å²) in [6.45, 7) is 4.72. The van der Waals surface area contributed by atoms with Crippen LogP contribution in [0.25, 0.3) is 0 Å². The van der Waals surface area contributed by atoms with Crippen molar-refractivity contribution in [3.63, 3.8) is 0 Å². The molecule has 2 aromatic rings. The number of aryl methyl sites for hydroxylation is 1. The van der Waals surface area contributed by atoms with Gasteiger partial charge in [-0.1, -0.05) is 12.1 Å². The van der Waals surface area contributed by atoms with Crippen molar-refractivity contribution in [2.75, 3.05) is 11.9 Å². The van der Waals surface area contributed by atoms with Gasteiger partial charge in [0, 0.05) is 15.7 Å². The molecule has 0 saturated carbocycles. The van der Waals surface area contributed by atoms with E-state index in [2.05, 4.69) is 26.2 Å². The van der Waals surface area contributed by atoms with E-state index >= 15 is 0 Å². The van der Waals surface area contributed by atoms with Crippen LogP contribution >= 0.6 is 15.9 Å². The zero-order valence-corrected chi connectivity index (χ0v) is 15.2. The van der Waals surface area contributed by atoms with Crippen molar-refractivity contribution in [1.29, 1.82) is 0 Å². The van der Waals surface area contributed by atoms with E-state index in [0.29, 0.717) is 22.5 Å². The highest BCUT2D eigenvalue weighted by Gasteiger charge is 2.21. The van der Waals surface area contributed by atoms with Crippen molar-refractivity contribution in [1.82, 2.24) is 4.98 Å². The van der Waals surface area contributed by atoms with Gasteiger partial charge in [0.25, 0.3) is 5.91 Å². The molecule has 0 spiro atoms. The van der Waals surface area contributed by atoms with Crippen LogP contribution in [0.4, 0.5) is 5.69 Å². The molecular formula is C17H19BrN2O4. The van der Waals surface area contributed by atoms with Crippen LogP contribution in [0, 0.1) is 13.8 Å². The number of aliphatic hydroxyl groups is 1. The molecule has 1 heterocycles. The molecule has 3 N–H and O–H groups in total. The number of hydrogen-bond donors (Lipinski definition) is 3. The monoisotopic (exact) mass is 394 g/mol. The van der Waals surface area contributed by atoms with E-state index in [9.17, 15) is 14.7 Å². The highest BCUT2D eigenvalue weighted by atomic mass is 79.9. The molecule has 0 saturated heterocycles. The van der Waals surface area contributed by atoms with Gasteiger partial charge in [-0.25, -0.2) is 4.79 Å². The second-order valence-corrected chi connectivity index (χ2v) is 6.30. The number of aromatic nitrogens is 1. The SMILES string of the molecule is Cc1[nH]c(C(=O)OCC(=O)Nc2ccccc2Br)c(C)c1[C@H](C)O. The minimum atomic E-state index is -0.693. The summed E-state index contributed by atoms with van der Waals surface area (Å²) in [5.41, 5.74) is 2.84. The van der Waals surface area contributed by atoms with Gasteiger partial charge in [0.15, 0.2) is 6.61 Å². The normalized spacial score (nSPS) is 11.9. The molecule has 1 amide bonds. The molecule has 0 aliphatic carbocycles. The number of amides is 1. The molecule has 0 aliphatic rings. The second kappa shape index (κ2) is 7.63. The predicted octanol–water partition coefficient (Wildman–Crippen LogP) is 3.24. The molecule has 0 fully saturated rings. The number of rotatable bonds is 5. The Balaban J connectivity index is 2.00. The third kappa shape index (κ3) is 4.04. The summed E-state index contributed by atoms with van der Waals surface area (Å²) in [6, 6.07) is 7.15. The number of hydrogen-bond acceptors (Lipinski definition) is 4. The molecular weight excluding hydrogens is 376 g/mol. The number of aliphatic hydroxyl groups excluding tert-OH is 1. The van der Waals surface area contributed by atoms with Gasteiger partial charge in [-0.2, -0.15) is 0 Å². The summed E-state index contributed by atoms with van der Waals surface area (Å²) in [5.74, 6) is -1.07. The van der Waals surface area contributed by atoms with Gasteiger partial charge < -0.3 is 20.1 Å². The number of H-pyrrole nitrogens is 1. The molecule has 0 bridgehead atoms. The summed E-state index contributed by atoms with van der Waals surface area (Å²) >= 11 is 3.32. The number of carbonyl (C=O) groups is 2. The molecule has 24 heavy (non-hydrogen) atoms. The van der Waals surface area contributed by atoms with E-state index in [4.69, 9.17) is 4.74 Å². The largest absolute Gasteiger partial charge is 0.451 e. The van der Waals surface area contributed by atoms with Crippen molar-refractivity contribution < 1.29 is 19.4 Å². The summed E-state index contributed by atoms with van der Waals surface area (Å²) in [5, 5.41) is 12.4. The van der Waals surface area contributed by atoms with Crippen molar-refractivity contribution in [2.24, 2.45) is 0 Å². The zero-order valence-electron chi connectivity index (χ0n) is 13.6. The van der Waals surface area contributed by atoms with Gasteiger partial charge in [0.05, 0.1) is 11.8 Å². The minimum absolute atomic E-state index is 0.247. The summed E-state index contributed by atoms with van der Waals surface area (Å²) in [7, 11) is 0. The minimum Gasteiger partial charge on any atom is -0.451 e. The Morgan fingerprint density at radius 2 is 2.00 bits per heavy atom. The van der Waals surface area contributed by atoms with Gasteiger partial charge in [0.2, 0.25) is 0 Å². The lowest BCUT2D eigenvalue weighted by Crippen LogP contribution is -2.21. The molecule has 128 valence electrons. The van der Waals surface area contributed by atoms with Crippen LogP contribution in [-0.2, 0) is 9.53 Å². The van der Waals surface area contributed by atoms with Crippen molar-refractivity contribution in [3.8, 4) is 0 Å². The molecule has 1 atom stereocenters. The fraction of sp³-hybridized carbons (Fsp3) is 0.294. The second-order valence-electron chi connectivity index (χ2n) is 5.44. The molecule has 6 nitrogen and oxygen atoms in total. The average molecular weight is 395 g/mol. The number of para-hydroxylation sites is 1. The Bertz CT molecular complexity index is 768. The summed E-state index contributed by atoms with van der Waals surface area (Å²) in [4.78, 5) is 27.0. The summed E-state index contributed by atoms with van der Waals surface area (Å²) < 4.78 is 5.79. The zero-order chi connectivity index (χ0) is 17.9. The van der Waals surface area contributed by atoms with E-state index in [-0.39, 0.29) is 5.69 Å². The van der Waals surface area contributed by atoms with E-state index in [1.54, 1.807) is 39.0 Å². The third-order valence-electron chi connectivity index (χ3n) is 3.60. The van der Waals surface area contributed by atoms with Crippen LogP contribution in [0.3, 0.4) is 0 Å². The van der Waals surface area contributed by atoms with Crippen molar-refractivity contribution in [2.45, 2.75) is 26.9 Å². The first-order valence-corrected chi connectivity index (χ1v) is 8.19. The van der Waals surface area contributed by atoms with Crippen LogP contribution in [0.1, 0.15) is 40.3 Å². The third-order valence-corrected chi connectivity index (χ3v) is 4.29. The maximum atomic E-state index is 12.2. The van der Waals surface area contributed by atoms with Crippen LogP contribution in [0.2, 0.25) is 0 Å². The van der Waals surface area contributed by atoms with Crippen molar-refractivity contribution in [3.05, 3.63) is 51.3 Å². The molecule has 0 radical (unpaired) electrons. The highest BCUT2D eigenvalue weighted by molar-refractivity contribution is 9.10. The molecule has 7 heteroatoms. The quantitative estimate of drug-likeness (QED) is 0.678. The lowest BCUT2D eigenvalue weighted by atomic mass is 10.1. The molecule has 2 rings (SSSR count). The fourth-order valence-electron chi connectivity index (χ4n) is 2.55. The van der Waals surface area contributed by atoms with E-state index < -0.39 is 24.6 Å². The topological polar surface area (TPSA) is 91.4 Å². The number of anilines is 1. The maximum absolute atomic E-state index is 12.2. The van der Waals surface area contributed by atoms with Crippen LogP contribution in [0.5, 0.6) is 0 Å². The molecule has 0 unspecified atom stereocenters. The first kappa shape index (κ1) is 18.2. The lowest BCUT2D eigenvalue weighted by molar-refractivity contribution is -0.119. The van der Waals surface area contributed by atoms with E-state index in [1.807, 2.05) is 6.07 Å². The van der Waals surface area contributed by atoms with Crippen LogP contribution in [-0.4, -0.2) is 28.6 Å². The fourth-order valence-corrected chi connectivity index (χ4v) is 2.93. The Morgan fingerprint density at radius 3 is 2.58 bits per heavy atom. The number of nitrogens with one attached hydrogen (secondary N) is 2. The highest BCUT2D eigenvalue weighted by Crippen LogP contribution is 2.25. The van der Waals surface area contributed by atoms with Crippen LogP contribution < -0.4 is 5.32 Å². The number of halogens is 1. The van der Waals surface area contributed by atoms with E-state index in [0.717, 1.165) is 4.47 Å². The molecule has 1 aromatic carbocycles. The number of benzene rings is 1. The summed E-state index contributed by atoms with van der Waals surface area (Å²) in [6.07, 6.45) is -0.693. The van der Waals surface area contributed by atoms with Gasteiger partial charge in [-0.05, 0) is 54.4 Å². The number of carbonyl (C=O) groups excluding carboxylic acids is 2. The van der Waals surface area contributed by atoms with E-state index in [1.165, 1.54) is 0 Å². The Kier molecular flexibility index (Phi) is 5.80. The number of esters is 1. The Labute approximate surface area is 148 Å². The molecule has 0 aliphatic heterocycles. The van der Waals surface area contributed by atoms with Gasteiger partial charge in [0.1, 0.15) is 5.69 Å². The predicted molar refractivity (Wildman–Crippen MR) is 94.0 cm³/mol. The van der Waals surface area contributed by atoms with Gasteiger partial charge >= 0.3 is 5.97 Å². The van der Waals surface area contributed by atoms with Crippen molar-refractivity contribution >= 4 is 33.5 Å². The maximum Gasteiger partial charge on any atom is 0.355 e. The Morgan fingerprint density at radius 1 is 1.33 bits per heavy atom. The number of aromatic amines is 1. The van der Waals surface area contributed by atoms with Gasteiger partial charge in [-0.3, -0.25) is 4.79 Å². The standard InChI is InChI=1S/C17H19BrN2O4/c1-9-15(11(3)21)10(2)19-16(9)17(23)24-8-14(22)20-13-7-5-4-6-12(13)18/h4-7,11,19,21H,8H2,1-3H3,(H,20,22)/t11-/m0/s1. The Hall–Kier alpha value is -2.12. The first-order chi connectivity index (χ1) is 11.3. The first-order valence-electron chi connectivity index (χ1n) is 7.40. The van der Waals surface area contributed by atoms with Gasteiger partial charge in [-0.15, -0.1) is 0 Å². The van der Waals surface area contributed by atoms with Crippen LogP contribution in [0.15, 0.2) is 28.7 Å².